The van der Waals surface area contributed by atoms with Crippen LogP contribution in [-0.4, -0.2) is 15.7 Å². The van der Waals surface area contributed by atoms with Gasteiger partial charge in [-0.25, -0.2) is 0 Å². The van der Waals surface area contributed by atoms with Gasteiger partial charge in [0.05, 0.1) is 5.56 Å². The average molecular weight is 297 g/mol. The van der Waals surface area contributed by atoms with Crippen LogP contribution in [-0.2, 0) is 12.7 Å². The van der Waals surface area contributed by atoms with Crippen molar-refractivity contribution in [1.29, 1.82) is 0 Å². The van der Waals surface area contributed by atoms with E-state index in [1.165, 1.54) is 18.2 Å². The molecule has 0 atom stereocenters. The van der Waals surface area contributed by atoms with Gasteiger partial charge in [-0.15, -0.1) is 0 Å². The molecule has 0 aliphatic carbocycles. The van der Waals surface area contributed by atoms with Crippen molar-refractivity contribution >= 4 is 11.6 Å². The van der Waals surface area contributed by atoms with Gasteiger partial charge in [0.1, 0.15) is 0 Å². The molecule has 2 rings (SSSR count). The van der Waals surface area contributed by atoms with Gasteiger partial charge in [0.15, 0.2) is 5.69 Å². The number of hydrogen-bond acceptors (Lipinski definition) is 2. The van der Waals surface area contributed by atoms with E-state index in [0.29, 0.717) is 6.54 Å². The molecule has 1 amide bonds. The third-order valence-corrected chi connectivity index (χ3v) is 2.77. The zero-order valence-electron chi connectivity index (χ0n) is 11.3. The molecule has 1 aromatic carbocycles. The number of rotatable bonds is 4. The highest BCUT2D eigenvalue weighted by Gasteiger charge is 2.30. The summed E-state index contributed by atoms with van der Waals surface area (Å²) < 4.78 is 39.4. The number of anilines is 1. The van der Waals surface area contributed by atoms with Crippen LogP contribution in [0.3, 0.4) is 0 Å². The number of aromatic nitrogens is 2. The minimum absolute atomic E-state index is 0.0832. The summed E-state index contributed by atoms with van der Waals surface area (Å²) >= 11 is 0. The van der Waals surface area contributed by atoms with Crippen molar-refractivity contribution in [2.75, 3.05) is 5.32 Å². The second-order valence-corrected chi connectivity index (χ2v) is 4.50. The highest BCUT2D eigenvalue weighted by molar-refractivity contribution is 6.02. The molecule has 2 aromatic rings. The maximum Gasteiger partial charge on any atom is 0.416 e. The fourth-order valence-electron chi connectivity index (χ4n) is 1.80. The first kappa shape index (κ1) is 15.1. The Bertz CT molecular complexity index is 634. The van der Waals surface area contributed by atoms with E-state index in [2.05, 4.69) is 10.4 Å². The summed E-state index contributed by atoms with van der Waals surface area (Å²) in [5, 5.41) is 6.46. The highest BCUT2D eigenvalue weighted by Crippen LogP contribution is 2.30. The van der Waals surface area contributed by atoms with Gasteiger partial charge >= 0.3 is 6.18 Å². The van der Waals surface area contributed by atoms with E-state index < -0.39 is 17.6 Å². The van der Waals surface area contributed by atoms with Gasteiger partial charge in [-0.05, 0) is 30.7 Å². The number of alkyl halides is 3. The predicted octanol–water partition coefficient (Wildman–Crippen LogP) is 3.56. The quantitative estimate of drug-likeness (QED) is 0.938. The van der Waals surface area contributed by atoms with Gasteiger partial charge in [0, 0.05) is 18.4 Å². The van der Waals surface area contributed by atoms with E-state index in [4.69, 9.17) is 0 Å². The molecule has 0 saturated carbocycles. The van der Waals surface area contributed by atoms with Crippen LogP contribution in [0.15, 0.2) is 36.5 Å². The Balaban J connectivity index is 2.12. The van der Waals surface area contributed by atoms with Gasteiger partial charge < -0.3 is 5.32 Å². The zero-order chi connectivity index (χ0) is 15.5. The first-order valence-corrected chi connectivity index (χ1v) is 6.42. The maximum absolute atomic E-state index is 12.6. The molecule has 1 N–H and O–H groups in total. The van der Waals surface area contributed by atoms with Crippen LogP contribution in [0.5, 0.6) is 0 Å². The molecule has 0 aliphatic rings. The van der Waals surface area contributed by atoms with E-state index in [0.717, 1.165) is 18.6 Å². The van der Waals surface area contributed by atoms with Crippen LogP contribution in [0.25, 0.3) is 0 Å². The summed E-state index contributed by atoms with van der Waals surface area (Å²) in [7, 11) is 0. The second kappa shape index (κ2) is 5.99. The van der Waals surface area contributed by atoms with Crippen molar-refractivity contribution in [3.8, 4) is 0 Å². The monoisotopic (exact) mass is 297 g/mol. The lowest BCUT2D eigenvalue weighted by molar-refractivity contribution is -0.137. The van der Waals surface area contributed by atoms with Gasteiger partial charge in [-0.1, -0.05) is 13.0 Å². The van der Waals surface area contributed by atoms with Crippen molar-refractivity contribution < 1.29 is 18.0 Å². The van der Waals surface area contributed by atoms with Gasteiger partial charge in [0.25, 0.3) is 5.91 Å². The topological polar surface area (TPSA) is 46.9 Å². The summed E-state index contributed by atoms with van der Waals surface area (Å²) in [6.07, 6.45) is -1.91. The van der Waals surface area contributed by atoms with Gasteiger partial charge in [0.2, 0.25) is 0 Å². The maximum atomic E-state index is 12.6. The summed E-state index contributed by atoms with van der Waals surface area (Å²) in [5.74, 6) is -0.538. The zero-order valence-corrected chi connectivity index (χ0v) is 11.3. The first-order chi connectivity index (χ1) is 9.90. The van der Waals surface area contributed by atoms with Crippen LogP contribution >= 0.6 is 0 Å². The smallest absolute Gasteiger partial charge is 0.321 e. The fraction of sp³-hybridized carbons (Fsp3) is 0.286. The van der Waals surface area contributed by atoms with Crippen molar-refractivity contribution in [3.63, 3.8) is 0 Å². The van der Waals surface area contributed by atoms with Gasteiger partial charge in [-0.3, -0.25) is 9.48 Å². The van der Waals surface area contributed by atoms with Crippen molar-refractivity contribution in [2.45, 2.75) is 26.1 Å². The molecule has 21 heavy (non-hydrogen) atoms. The molecule has 0 bridgehead atoms. The van der Waals surface area contributed by atoms with E-state index in [-0.39, 0.29) is 11.4 Å². The number of benzene rings is 1. The lowest BCUT2D eigenvalue weighted by atomic mass is 10.2. The lowest BCUT2D eigenvalue weighted by Gasteiger charge is -2.09. The number of amides is 1. The van der Waals surface area contributed by atoms with E-state index in [1.807, 2.05) is 6.92 Å². The average Bonchev–Trinajstić information content (AvgIpc) is 2.87. The van der Waals surface area contributed by atoms with Crippen molar-refractivity contribution in [1.82, 2.24) is 9.78 Å². The minimum Gasteiger partial charge on any atom is -0.321 e. The molecule has 0 unspecified atom stereocenters. The SMILES string of the molecule is CCCn1ccc(C(=O)Nc2cccc(C(F)(F)F)c2)n1. The van der Waals surface area contributed by atoms with E-state index >= 15 is 0 Å². The third kappa shape index (κ3) is 3.84. The molecule has 0 fully saturated rings. The normalized spacial score (nSPS) is 11.4. The van der Waals surface area contributed by atoms with E-state index in [9.17, 15) is 18.0 Å². The molecule has 1 heterocycles. The first-order valence-electron chi connectivity index (χ1n) is 6.42. The largest absolute Gasteiger partial charge is 0.416 e. The van der Waals surface area contributed by atoms with Crippen molar-refractivity contribution in [3.05, 3.63) is 47.8 Å². The predicted molar refractivity (Wildman–Crippen MR) is 71.9 cm³/mol. The molecule has 7 heteroatoms. The Hall–Kier alpha value is -2.31. The fourth-order valence-corrected chi connectivity index (χ4v) is 1.80. The number of aryl methyl sites for hydroxylation is 1. The van der Waals surface area contributed by atoms with Crippen molar-refractivity contribution in [2.24, 2.45) is 0 Å². The third-order valence-electron chi connectivity index (χ3n) is 2.77. The Morgan fingerprint density at radius 2 is 2.10 bits per heavy atom. The molecular formula is C14H14F3N3O. The molecule has 0 radical (unpaired) electrons. The molecule has 1 aromatic heterocycles. The van der Waals surface area contributed by atoms with E-state index in [1.54, 1.807) is 10.9 Å². The molecule has 0 aliphatic heterocycles. The number of halogens is 3. The number of nitrogens with one attached hydrogen (secondary N) is 1. The van der Waals surface area contributed by atoms with Gasteiger partial charge in [-0.2, -0.15) is 18.3 Å². The summed E-state index contributed by atoms with van der Waals surface area (Å²) in [6.45, 7) is 2.65. The molecule has 112 valence electrons. The Kier molecular flexibility index (Phi) is 4.30. The summed E-state index contributed by atoms with van der Waals surface area (Å²) in [5.41, 5.74) is -0.558. The number of carbonyl (C=O) groups excluding carboxylic acids is 1. The van der Waals surface area contributed by atoms with Crippen LogP contribution in [0.1, 0.15) is 29.4 Å². The number of nitrogens with zero attached hydrogens (tertiary/aromatic N) is 2. The standard InChI is InChI=1S/C14H14F3N3O/c1-2-7-20-8-6-12(19-20)13(21)18-11-5-3-4-10(9-11)14(15,16)17/h3-6,8-9H,2,7H2,1H3,(H,18,21). The summed E-state index contributed by atoms with van der Waals surface area (Å²) in [6, 6.07) is 6.01. The number of carbonyl (C=O) groups is 1. The Morgan fingerprint density at radius 1 is 1.33 bits per heavy atom. The molecule has 4 nitrogen and oxygen atoms in total. The van der Waals surface area contributed by atoms with Crippen LogP contribution in [0.2, 0.25) is 0 Å². The van der Waals surface area contributed by atoms with Crippen LogP contribution < -0.4 is 5.32 Å². The Morgan fingerprint density at radius 3 is 2.76 bits per heavy atom. The molecule has 0 spiro atoms. The minimum atomic E-state index is -4.44. The molecule has 0 saturated heterocycles. The van der Waals surface area contributed by atoms with Crippen LogP contribution in [0, 0.1) is 0 Å². The highest BCUT2D eigenvalue weighted by atomic mass is 19.4. The molecular weight excluding hydrogens is 283 g/mol. The Labute approximate surface area is 119 Å². The lowest BCUT2D eigenvalue weighted by Crippen LogP contribution is -2.14. The van der Waals surface area contributed by atoms with Crippen LogP contribution in [0.4, 0.5) is 18.9 Å². The second-order valence-electron chi connectivity index (χ2n) is 4.50. The summed E-state index contributed by atoms with van der Waals surface area (Å²) in [4.78, 5) is 11.9. The number of hydrogen-bond donors (Lipinski definition) is 1.